The van der Waals surface area contributed by atoms with Crippen molar-refractivity contribution >= 4 is 5.91 Å². The third-order valence-electron chi connectivity index (χ3n) is 3.77. The summed E-state index contributed by atoms with van der Waals surface area (Å²) in [6.07, 6.45) is 3.47. The molecule has 106 valence electrons. The van der Waals surface area contributed by atoms with Crippen molar-refractivity contribution < 1.29 is 4.79 Å². The van der Waals surface area contributed by atoms with Gasteiger partial charge >= 0.3 is 0 Å². The fourth-order valence-corrected chi connectivity index (χ4v) is 2.28. The highest BCUT2D eigenvalue weighted by atomic mass is 16.1. The number of aromatic nitrogens is 2. The lowest BCUT2D eigenvalue weighted by Crippen LogP contribution is -2.35. The molecule has 1 heterocycles. The van der Waals surface area contributed by atoms with Crippen LogP contribution in [0.4, 0.5) is 0 Å². The molecule has 0 bridgehead atoms. The zero-order chi connectivity index (χ0) is 13.8. The van der Waals surface area contributed by atoms with Crippen molar-refractivity contribution in [2.45, 2.75) is 33.1 Å². The van der Waals surface area contributed by atoms with Gasteiger partial charge in [0, 0.05) is 19.3 Å². The summed E-state index contributed by atoms with van der Waals surface area (Å²) in [7, 11) is 1.95. The van der Waals surface area contributed by atoms with Crippen LogP contribution in [0.15, 0.2) is 0 Å². The van der Waals surface area contributed by atoms with Crippen molar-refractivity contribution in [1.29, 1.82) is 0 Å². The second kappa shape index (κ2) is 6.19. The minimum atomic E-state index is 0.0832. The van der Waals surface area contributed by atoms with Crippen molar-refractivity contribution in [2.24, 2.45) is 13.0 Å². The Labute approximate surface area is 114 Å². The van der Waals surface area contributed by atoms with E-state index >= 15 is 0 Å². The van der Waals surface area contributed by atoms with E-state index in [0.29, 0.717) is 13.1 Å². The number of rotatable bonds is 7. The van der Waals surface area contributed by atoms with Crippen LogP contribution in [0.5, 0.6) is 0 Å². The summed E-state index contributed by atoms with van der Waals surface area (Å²) in [4.78, 5) is 11.6. The van der Waals surface area contributed by atoms with Crippen molar-refractivity contribution in [3.8, 4) is 0 Å². The lowest BCUT2D eigenvalue weighted by Gasteiger charge is -2.06. The van der Waals surface area contributed by atoms with Gasteiger partial charge in [0.15, 0.2) is 0 Å². The molecule has 0 atom stereocenters. The van der Waals surface area contributed by atoms with Gasteiger partial charge < -0.3 is 10.6 Å². The summed E-state index contributed by atoms with van der Waals surface area (Å²) in [5.41, 5.74) is 3.48. The SMILES string of the molecule is Cc1nn(C)c(C)c1CCNC(=O)CNCC1CC1. The molecule has 0 aromatic carbocycles. The van der Waals surface area contributed by atoms with Crippen LogP contribution in [-0.4, -0.2) is 35.3 Å². The fraction of sp³-hybridized carbons (Fsp3) is 0.714. The van der Waals surface area contributed by atoms with E-state index in [1.165, 1.54) is 24.1 Å². The van der Waals surface area contributed by atoms with Crippen LogP contribution in [0.2, 0.25) is 0 Å². The highest BCUT2D eigenvalue weighted by Gasteiger charge is 2.20. The molecule has 5 heteroatoms. The smallest absolute Gasteiger partial charge is 0.233 e. The number of nitrogens with zero attached hydrogens (tertiary/aromatic N) is 2. The standard InChI is InChI=1S/C14H24N4O/c1-10-13(11(2)18(3)17-10)6-7-16-14(19)9-15-8-12-4-5-12/h12,15H,4-9H2,1-3H3,(H,16,19). The molecule has 1 aromatic heterocycles. The van der Waals surface area contributed by atoms with Gasteiger partial charge in [0.25, 0.3) is 0 Å². The van der Waals surface area contributed by atoms with E-state index in [9.17, 15) is 4.79 Å². The molecule has 19 heavy (non-hydrogen) atoms. The number of carbonyl (C=O) groups is 1. The Bertz CT molecular complexity index is 449. The molecule has 0 aliphatic heterocycles. The van der Waals surface area contributed by atoms with Gasteiger partial charge in [-0.05, 0) is 51.1 Å². The number of amides is 1. The van der Waals surface area contributed by atoms with Crippen LogP contribution in [0, 0.1) is 19.8 Å². The van der Waals surface area contributed by atoms with Gasteiger partial charge in [-0.25, -0.2) is 0 Å². The molecule has 0 spiro atoms. The molecule has 1 fully saturated rings. The van der Waals surface area contributed by atoms with E-state index in [-0.39, 0.29) is 5.91 Å². The summed E-state index contributed by atoms with van der Waals surface area (Å²) >= 11 is 0. The molecular weight excluding hydrogens is 240 g/mol. The van der Waals surface area contributed by atoms with Gasteiger partial charge in [0.2, 0.25) is 5.91 Å². The molecule has 0 unspecified atom stereocenters. The zero-order valence-corrected chi connectivity index (χ0v) is 12.1. The van der Waals surface area contributed by atoms with Gasteiger partial charge in [0.1, 0.15) is 0 Å². The van der Waals surface area contributed by atoms with Crippen LogP contribution >= 0.6 is 0 Å². The molecule has 5 nitrogen and oxygen atoms in total. The van der Waals surface area contributed by atoms with E-state index in [0.717, 1.165) is 24.6 Å². The maximum Gasteiger partial charge on any atom is 0.233 e. The lowest BCUT2D eigenvalue weighted by atomic mass is 10.1. The Morgan fingerprint density at radius 2 is 2.16 bits per heavy atom. The summed E-state index contributed by atoms with van der Waals surface area (Å²) in [5, 5.41) is 10.5. The third kappa shape index (κ3) is 4.06. The predicted molar refractivity (Wildman–Crippen MR) is 75.0 cm³/mol. The minimum absolute atomic E-state index is 0.0832. The summed E-state index contributed by atoms with van der Waals surface area (Å²) < 4.78 is 1.89. The van der Waals surface area contributed by atoms with E-state index in [2.05, 4.69) is 22.7 Å². The van der Waals surface area contributed by atoms with E-state index in [4.69, 9.17) is 0 Å². The number of nitrogens with one attached hydrogen (secondary N) is 2. The molecule has 1 aliphatic rings. The molecule has 1 amide bonds. The second-order valence-electron chi connectivity index (χ2n) is 5.45. The van der Waals surface area contributed by atoms with Crippen molar-refractivity contribution in [1.82, 2.24) is 20.4 Å². The van der Waals surface area contributed by atoms with Crippen LogP contribution in [-0.2, 0) is 18.3 Å². The Morgan fingerprint density at radius 1 is 1.42 bits per heavy atom. The van der Waals surface area contributed by atoms with E-state index < -0.39 is 0 Å². The first-order chi connectivity index (χ1) is 9.08. The normalized spacial score (nSPS) is 14.7. The fourth-order valence-electron chi connectivity index (χ4n) is 2.28. The highest BCUT2D eigenvalue weighted by molar-refractivity contribution is 5.77. The monoisotopic (exact) mass is 264 g/mol. The highest BCUT2D eigenvalue weighted by Crippen LogP contribution is 2.27. The van der Waals surface area contributed by atoms with Crippen molar-refractivity contribution in [3.05, 3.63) is 17.0 Å². The Hall–Kier alpha value is -1.36. The molecule has 0 radical (unpaired) electrons. The predicted octanol–water partition coefficient (Wildman–Crippen LogP) is 0.695. The average Bonchev–Trinajstić information content (AvgIpc) is 3.13. The van der Waals surface area contributed by atoms with Gasteiger partial charge in [-0.2, -0.15) is 5.10 Å². The largest absolute Gasteiger partial charge is 0.355 e. The number of carbonyl (C=O) groups excluding carboxylic acids is 1. The average molecular weight is 264 g/mol. The Balaban J connectivity index is 1.65. The van der Waals surface area contributed by atoms with Crippen LogP contribution in [0.3, 0.4) is 0 Å². The van der Waals surface area contributed by atoms with Gasteiger partial charge in [-0.15, -0.1) is 0 Å². The van der Waals surface area contributed by atoms with Gasteiger partial charge in [-0.3, -0.25) is 9.48 Å². The van der Waals surface area contributed by atoms with E-state index in [1.54, 1.807) is 0 Å². The van der Waals surface area contributed by atoms with Crippen LogP contribution in [0.25, 0.3) is 0 Å². The molecule has 2 N–H and O–H groups in total. The minimum Gasteiger partial charge on any atom is -0.355 e. The Kier molecular flexibility index (Phi) is 4.58. The summed E-state index contributed by atoms with van der Waals surface area (Å²) in [6.45, 7) is 6.17. The van der Waals surface area contributed by atoms with E-state index in [1.807, 2.05) is 18.7 Å². The van der Waals surface area contributed by atoms with Crippen molar-refractivity contribution in [2.75, 3.05) is 19.6 Å². The first-order valence-corrected chi connectivity index (χ1v) is 7.04. The quantitative estimate of drug-likeness (QED) is 0.762. The summed E-state index contributed by atoms with van der Waals surface area (Å²) in [6, 6.07) is 0. The third-order valence-corrected chi connectivity index (χ3v) is 3.77. The molecule has 0 saturated heterocycles. The van der Waals surface area contributed by atoms with Crippen LogP contribution in [0.1, 0.15) is 29.8 Å². The zero-order valence-electron chi connectivity index (χ0n) is 12.1. The first-order valence-electron chi connectivity index (χ1n) is 7.04. The van der Waals surface area contributed by atoms with Crippen LogP contribution < -0.4 is 10.6 Å². The summed E-state index contributed by atoms with van der Waals surface area (Å²) in [5.74, 6) is 0.897. The molecule has 1 saturated carbocycles. The van der Waals surface area contributed by atoms with Crippen molar-refractivity contribution in [3.63, 3.8) is 0 Å². The maximum atomic E-state index is 11.6. The number of aryl methyl sites for hydroxylation is 2. The lowest BCUT2D eigenvalue weighted by molar-refractivity contribution is -0.120. The number of hydrogen-bond donors (Lipinski definition) is 2. The molecular formula is C14H24N4O. The van der Waals surface area contributed by atoms with Gasteiger partial charge in [0.05, 0.1) is 12.2 Å². The molecule has 2 rings (SSSR count). The number of hydrogen-bond acceptors (Lipinski definition) is 3. The first kappa shape index (κ1) is 14.1. The molecule has 1 aromatic rings. The topological polar surface area (TPSA) is 59.0 Å². The maximum absolute atomic E-state index is 11.6. The molecule has 1 aliphatic carbocycles. The Morgan fingerprint density at radius 3 is 2.74 bits per heavy atom. The second-order valence-corrected chi connectivity index (χ2v) is 5.45. The van der Waals surface area contributed by atoms with Gasteiger partial charge in [-0.1, -0.05) is 0 Å².